The smallest absolute Gasteiger partial charge is 0.0348 e. The zero-order valence-electron chi connectivity index (χ0n) is 14.3. The summed E-state index contributed by atoms with van der Waals surface area (Å²) in [4.78, 5) is 0. The second-order valence-electron chi connectivity index (χ2n) is 6.73. The van der Waals surface area contributed by atoms with Crippen LogP contribution >= 0.6 is 0 Å². The van der Waals surface area contributed by atoms with Gasteiger partial charge in [0.2, 0.25) is 0 Å². The Bertz CT molecular complexity index is 204. The summed E-state index contributed by atoms with van der Waals surface area (Å²) in [6.45, 7) is 11.8. The molecule has 0 aromatic carbocycles. The maximum Gasteiger partial charge on any atom is -0.0348 e. The summed E-state index contributed by atoms with van der Waals surface area (Å²) in [6, 6.07) is 0. The van der Waals surface area contributed by atoms with Crippen molar-refractivity contribution in [3.63, 3.8) is 0 Å². The fraction of sp³-hybridized carbons (Fsp3) is 0.895. The van der Waals surface area contributed by atoms with Gasteiger partial charge in [-0.15, -0.1) is 0 Å². The first-order valence-electron chi connectivity index (χ1n) is 8.75. The van der Waals surface area contributed by atoms with E-state index >= 15 is 0 Å². The molecule has 0 bridgehead atoms. The molecule has 0 spiro atoms. The van der Waals surface area contributed by atoms with Crippen molar-refractivity contribution < 1.29 is 0 Å². The van der Waals surface area contributed by atoms with E-state index in [9.17, 15) is 0 Å². The lowest BCUT2D eigenvalue weighted by atomic mass is 9.89. The normalized spacial score (nSPS) is 16.7. The van der Waals surface area contributed by atoms with Crippen molar-refractivity contribution in [1.82, 2.24) is 0 Å². The van der Waals surface area contributed by atoms with Crippen molar-refractivity contribution in [2.75, 3.05) is 0 Å². The van der Waals surface area contributed by atoms with Crippen LogP contribution in [0.15, 0.2) is 12.2 Å². The van der Waals surface area contributed by atoms with Crippen molar-refractivity contribution in [2.24, 2.45) is 17.8 Å². The number of rotatable bonds is 12. The molecule has 0 radical (unpaired) electrons. The fourth-order valence-electron chi connectivity index (χ4n) is 2.71. The zero-order chi connectivity index (χ0) is 14.5. The van der Waals surface area contributed by atoms with Gasteiger partial charge in [-0.3, -0.25) is 0 Å². The standard InChI is InChI=1S/C19H38/c1-6-8-9-10-11-13-18(4)14-12-15-19(5)16-17(3)7-2/h9-10,17-19H,6-8,11-16H2,1-5H3. The molecule has 3 atom stereocenters. The lowest BCUT2D eigenvalue weighted by Gasteiger charge is -2.17. The van der Waals surface area contributed by atoms with Crippen molar-refractivity contribution in [2.45, 2.75) is 92.4 Å². The summed E-state index contributed by atoms with van der Waals surface area (Å²) in [5, 5.41) is 0. The zero-order valence-corrected chi connectivity index (χ0v) is 14.3. The van der Waals surface area contributed by atoms with Gasteiger partial charge in [0.1, 0.15) is 0 Å². The van der Waals surface area contributed by atoms with Crippen molar-refractivity contribution in [3.05, 3.63) is 12.2 Å². The van der Waals surface area contributed by atoms with Crippen LogP contribution in [-0.2, 0) is 0 Å². The van der Waals surface area contributed by atoms with E-state index in [1.807, 2.05) is 0 Å². The van der Waals surface area contributed by atoms with Crippen LogP contribution in [0, 0.1) is 17.8 Å². The van der Waals surface area contributed by atoms with Gasteiger partial charge >= 0.3 is 0 Å². The van der Waals surface area contributed by atoms with Crippen LogP contribution in [0.1, 0.15) is 92.4 Å². The highest BCUT2D eigenvalue weighted by Gasteiger charge is 2.08. The second-order valence-corrected chi connectivity index (χ2v) is 6.73. The second kappa shape index (κ2) is 12.8. The third kappa shape index (κ3) is 12.5. The average molecular weight is 267 g/mol. The third-order valence-corrected chi connectivity index (χ3v) is 4.34. The molecular formula is C19H38. The van der Waals surface area contributed by atoms with Crippen molar-refractivity contribution in [3.8, 4) is 0 Å². The highest BCUT2D eigenvalue weighted by Crippen LogP contribution is 2.22. The lowest BCUT2D eigenvalue weighted by molar-refractivity contribution is 0.360. The number of hydrogen-bond donors (Lipinski definition) is 0. The Morgan fingerprint density at radius 1 is 0.737 bits per heavy atom. The molecular weight excluding hydrogens is 228 g/mol. The molecule has 0 aliphatic rings. The van der Waals surface area contributed by atoms with Gasteiger partial charge in [-0.05, 0) is 43.4 Å². The Hall–Kier alpha value is -0.260. The predicted octanol–water partition coefficient (Wildman–Crippen LogP) is 7.00. The molecule has 114 valence electrons. The lowest BCUT2D eigenvalue weighted by Crippen LogP contribution is -2.03. The average Bonchev–Trinajstić information content (AvgIpc) is 2.38. The third-order valence-electron chi connectivity index (χ3n) is 4.34. The van der Waals surface area contributed by atoms with Crippen molar-refractivity contribution in [1.29, 1.82) is 0 Å². The van der Waals surface area contributed by atoms with Crippen molar-refractivity contribution >= 4 is 0 Å². The summed E-state index contributed by atoms with van der Waals surface area (Å²) in [5.74, 6) is 2.74. The van der Waals surface area contributed by atoms with Crippen LogP contribution in [0.5, 0.6) is 0 Å². The van der Waals surface area contributed by atoms with Crippen LogP contribution in [0.3, 0.4) is 0 Å². The Kier molecular flexibility index (Phi) is 12.6. The number of unbranched alkanes of at least 4 members (excludes halogenated alkanes) is 1. The summed E-state index contributed by atoms with van der Waals surface area (Å²) in [7, 11) is 0. The van der Waals surface area contributed by atoms with Gasteiger partial charge in [0, 0.05) is 0 Å². The van der Waals surface area contributed by atoms with Crippen LogP contribution in [0.2, 0.25) is 0 Å². The Morgan fingerprint density at radius 3 is 2.00 bits per heavy atom. The minimum atomic E-state index is 0.905. The first-order valence-corrected chi connectivity index (χ1v) is 8.75. The number of allylic oxidation sites excluding steroid dienone is 2. The maximum atomic E-state index is 2.43. The van der Waals surface area contributed by atoms with Gasteiger partial charge in [0.15, 0.2) is 0 Å². The predicted molar refractivity (Wildman–Crippen MR) is 89.5 cm³/mol. The van der Waals surface area contributed by atoms with Gasteiger partial charge in [-0.25, -0.2) is 0 Å². The SMILES string of the molecule is CCCC=CCCC(C)CCCC(C)CC(C)CC. The first-order chi connectivity index (χ1) is 9.10. The van der Waals surface area contributed by atoms with Crippen LogP contribution in [-0.4, -0.2) is 0 Å². The molecule has 0 heteroatoms. The van der Waals surface area contributed by atoms with E-state index in [2.05, 4.69) is 46.8 Å². The van der Waals surface area contributed by atoms with E-state index in [4.69, 9.17) is 0 Å². The molecule has 0 rings (SSSR count). The van der Waals surface area contributed by atoms with Crippen LogP contribution < -0.4 is 0 Å². The van der Waals surface area contributed by atoms with E-state index in [0.29, 0.717) is 0 Å². The summed E-state index contributed by atoms with van der Waals surface area (Å²) < 4.78 is 0. The molecule has 0 aromatic heterocycles. The minimum Gasteiger partial charge on any atom is -0.0885 e. The molecule has 0 nitrogen and oxygen atoms in total. The molecule has 3 unspecified atom stereocenters. The minimum absolute atomic E-state index is 0.905. The van der Waals surface area contributed by atoms with Gasteiger partial charge in [-0.2, -0.15) is 0 Å². The fourth-order valence-corrected chi connectivity index (χ4v) is 2.71. The number of hydrogen-bond acceptors (Lipinski definition) is 0. The maximum absolute atomic E-state index is 2.43. The van der Waals surface area contributed by atoms with E-state index in [1.165, 1.54) is 57.8 Å². The molecule has 0 fully saturated rings. The molecule has 0 N–H and O–H groups in total. The molecule has 0 saturated heterocycles. The molecule has 0 aliphatic heterocycles. The summed E-state index contributed by atoms with van der Waals surface area (Å²) in [5.41, 5.74) is 0. The first kappa shape index (κ1) is 18.7. The van der Waals surface area contributed by atoms with E-state index < -0.39 is 0 Å². The monoisotopic (exact) mass is 266 g/mol. The van der Waals surface area contributed by atoms with Gasteiger partial charge in [0.05, 0.1) is 0 Å². The Morgan fingerprint density at radius 2 is 1.37 bits per heavy atom. The molecule has 0 amide bonds. The quantitative estimate of drug-likeness (QED) is 0.333. The van der Waals surface area contributed by atoms with Crippen LogP contribution in [0.4, 0.5) is 0 Å². The molecule has 19 heavy (non-hydrogen) atoms. The highest BCUT2D eigenvalue weighted by atomic mass is 14.1. The Balaban J connectivity index is 3.49. The van der Waals surface area contributed by atoms with E-state index in [-0.39, 0.29) is 0 Å². The van der Waals surface area contributed by atoms with E-state index in [1.54, 1.807) is 0 Å². The summed E-state index contributed by atoms with van der Waals surface area (Å²) in [6.07, 6.45) is 17.0. The van der Waals surface area contributed by atoms with E-state index in [0.717, 1.165) is 17.8 Å². The van der Waals surface area contributed by atoms with Crippen LogP contribution in [0.25, 0.3) is 0 Å². The van der Waals surface area contributed by atoms with Gasteiger partial charge < -0.3 is 0 Å². The molecule has 0 saturated carbocycles. The molecule has 0 aromatic rings. The highest BCUT2D eigenvalue weighted by molar-refractivity contribution is 4.81. The largest absolute Gasteiger partial charge is 0.0885 e. The molecule has 0 aliphatic carbocycles. The topological polar surface area (TPSA) is 0 Å². The van der Waals surface area contributed by atoms with Gasteiger partial charge in [0.25, 0.3) is 0 Å². The summed E-state index contributed by atoms with van der Waals surface area (Å²) >= 11 is 0. The Labute approximate surface area is 123 Å². The van der Waals surface area contributed by atoms with Gasteiger partial charge in [-0.1, -0.05) is 78.9 Å². The molecule has 0 heterocycles.